The number of methoxy groups -OCH3 is 1. The summed E-state index contributed by atoms with van der Waals surface area (Å²) in [6, 6.07) is 19.1. The van der Waals surface area contributed by atoms with Crippen LogP contribution in [-0.4, -0.2) is 97.2 Å². The lowest BCUT2D eigenvalue weighted by atomic mass is 9.86. The maximum atomic E-state index is 13.9. The number of unbranched alkanes of at least 4 members (excludes halogenated alkanes) is 1. The Morgan fingerprint density at radius 1 is 0.982 bits per heavy atom. The number of amides is 3. The van der Waals surface area contributed by atoms with E-state index in [9.17, 15) is 19.5 Å². The SMILES string of the molecule is CCCCOc1ccc(CC(NC(=O)OC2COC3OCCC23)C(O)CN(Cc2ccc(-c3ccccn3)cc2)NC(=O)C(NC(=O)OC)C(C)(C)C)cc1. The van der Waals surface area contributed by atoms with E-state index in [2.05, 4.69) is 28.0 Å². The fourth-order valence-corrected chi connectivity index (χ4v) is 6.57. The number of aromatic nitrogens is 1. The zero-order valence-corrected chi connectivity index (χ0v) is 32.4. The van der Waals surface area contributed by atoms with Crippen molar-refractivity contribution >= 4 is 18.1 Å². The first-order valence-electron chi connectivity index (χ1n) is 18.9. The van der Waals surface area contributed by atoms with Gasteiger partial charge in [0.25, 0.3) is 5.91 Å². The molecule has 2 aliphatic rings. The maximum Gasteiger partial charge on any atom is 0.407 e. The van der Waals surface area contributed by atoms with E-state index < -0.39 is 54.1 Å². The standard InChI is InChI=1S/C41H55N5O9/c1-6-7-21-52-30-17-13-27(14-18-30)23-33(43-40(50)55-35-26-54-38-31(35)19-22-53-38)34(47)25-46(45-37(48)36(41(2,3)4)44-39(49)51-5)24-28-11-15-29(16-12-28)32-10-8-9-20-42-32/h8-18,20,31,33-36,38,47H,6-7,19,21-26H2,1-5H3,(H,43,50)(H,44,49)(H,45,48). The first kappa shape index (κ1) is 41.4. The zero-order valence-electron chi connectivity index (χ0n) is 32.4. The Bertz CT molecular complexity index is 1670. The van der Waals surface area contributed by atoms with Crippen LogP contribution < -0.4 is 20.8 Å². The van der Waals surface area contributed by atoms with Gasteiger partial charge in [-0.05, 0) is 60.1 Å². The van der Waals surface area contributed by atoms with Crippen LogP contribution in [0.25, 0.3) is 11.3 Å². The molecular formula is C41H55N5O9. The number of aliphatic hydroxyl groups excluding tert-OH is 1. The highest BCUT2D eigenvalue weighted by Gasteiger charge is 2.44. The van der Waals surface area contributed by atoms with Gasteiger partial charge in [0.2, 0.25) is 0 Å². The summed E-state index contributed by atoms with van der Waals surface area (Å²) in [4.78, 5) is 44.0. The van der Waals surface area contributed by atoms with Crippen molar-refractivity contribution in [3.63, 3.8) is 0 Å². The largest absolute Gasteiger partial charge is 0.494 e. The van der Waals surface area contributed by atoms with Gasteiger partial charge >= 0.3 is 12.2 Å². The van der Waals surface area contributed by atoms with E-state index in [0.29, 0.717) is 13.2 Å². The van der Waals surface area contributed by atoms with Crippen molar-refractivity contribution in [1.82, 2.24) is 26.1 Å². The molecule has 2 fully saturated rings. The quantitative estimate of drug-likeness (QED) is 0.108. The number of hydrogen-bond acceptors (Lipinski definition) is 11. The molecule has 3 heterocycles. The van der Waals surface area contributed by atoms with Gasteiger partial charge < -0.3 is 39.4 Å². The number of hydrogen-bond donors (Lipinski definition) is 4. The molecule has 1 aromatic heterocycles. The molecule has 6 atom stereocenters. The first-order chi connectivity index (χ1) is 26.4. The van der Waals surface area contributed by atoms with Gasteiger partial charge in [-0.1, -0.05) is 76.6 Å². The van der Waals surface area contributed by atoms with E-state index in [-0.39, 0.29) is 32.0 Å². The van der Waals surface area contributed by atoms with Crippen LogP contribution in [0.2, 0.25) is 0 Å². The van der Waals surface area contributed by atoms with Gasteiger partial charge in [-0.3, -0.25) is 15.2 Å². The van der Waals surface area contributed by atoms with Crippen LogP contribution in [0.4, 0.5) is 9.59 Å². The van der Waals surface area contributed by atoms with E-state index in [0.717, 1.165) is 47.4 Å². The second-order valence-corrected chi connectivity index (χ2v) is 15.0. The lowest BCUT2D eigenvalue weighted by Crippen LogP contribution is -2.59. The number of nitrogens with one attached hydrogen (secondary N) is 3. The van der Waals surface area contributed by atoms with Gasteiger partial charge in [-0.15, -0.1) is 0 Å². The molecule has 0 spiro atoms. The molecule has 2 aliphatic heterocycles. The molecule has 2 saturated heterocycles. The molecule has 0 radical (unpaired) electrons. The van der Waals surface area contributed by atoms with Gasteiger partial charge in [0.1, 0.15) is 17.9 Å². The van der Waals surface area contributed by atoms with Gasteiger partial charge in [0.05, 0.1) is 50.7 Å². The summed E-state index contributed by atoms with van der Waals surface area (Å²) in [6.07, 6.45) is 1.14. The van der Waals surface area contributed by atoms with Gasteiger partial charge in [0.15, 0.2) is 6.29 Å². The summed E-state index contributed by atoms with van der Waals surface area (Å²) in [5.41, 5.74) is 5.65. The van der Waals surface area contributed by atoms with Crippen LogP contribution in [0, 0.1) is 11.3 Å². The maximum absolute atomic E-state index is 13.9. The zero-order chi connectivity index (χ0) is 39.4. The highest BCUT2D eigenvalue weighted by atomic mass is 16.7. The molecule has 0 aliphatic carbocycles. The normalized spacial score (nSPS) is 19.5. The molecule has 4 N–H and O–H groups in total. The molecule has 0 bridgehead atoms. The Morgan fingerprint density at radius 3 is 2.40 bits per heavy atom. The van der Waals surface area contributed by atoms with Crippen LogP contribution in [-0.2, 0) is 36.7 Å². The van der Waals surface area contributed by atoms with E-state index in [4.69, 9.17) is 23.7 Å². The van der Waals surface area contributed by atoms with Crippen LogP contribution in [0.1, 0.15) is 58.1 Å². The van der Waals surface area contributed by atoms with E-state index in [1.165, 1.54) is 7.11 Å². The number of hydrazine groups is 1. The minimum absolute atomic E-state index is 0.0569. The number of aliphatic hydroxyl groups is 1. The number of benzene rings is 2. The summed E-state index contributed by atoms with van der Waals surface area (Å²) in [5.74, 6) is 0.166. The average molecular weight is 762 g/mol. The summed E-state index contributed by atoms with van der Waals surface area (Å²) < 4.78 is 27.7. The molecule has 298 valence electrons. The molecule has 3 amide bonds. The Hall–Kier alpha value is -4.76. The topological polar surface area (TPSA) is 170 Å². The molecule has 2 aromatic carbocycles. The molecule has 6 unspecified atom stereocenters. The van der Waals surface area contributed by atoms with Gasteiger partial charge in [-0.2, -0.15) is 0 Å². The summed E-state index contributed by atoms with van der Waals surface area (Å²) in [6.45, 7) is 9.03. The Morgan fingerprint density at radius 2 is 1.73 bits per heavy atom. The van der Waals surface area contributed by atoms with Crippen LogP contribution in [0.3, 0.4) is 0 Å². The van der Waals surface area contributed by atoms with Crippen molar-refractivity contribution in [2.75, 3.05) is 33.5 Å². The fourth-order valence-electron chi connectivity index (χ4n) is 6.57. The van der Waals surface area contributed by atoms with Crippen LogP contribution >= 0.6 is 0 Å². The number of nitrogens with zero attached hydrogens (tertiary/aromatic N) is 2. The molecule has 55 heavy (non-hydrogen) atoms. The molecule has 0 saturated carbocycles. The van der Waals surface area contributed by atoms with Gasteiger partial charge in [-0.25, -0.2) is 14.6 Å². The molecule has 3 aromatic rings. The lowest BCUT2D eigenvalue weighted by Gasteiger charge is -2.34. The number of fused-ring (bicyclic) bond motifs is 1. The third-order valence-corrected chi connectivity index (χ3v) is 9.70. The fraction of sp³-hybridized carbons (Fsp3) is 0.512. The number of alkyl carbamates (subject to hydrolysis) is 2. The van der Waals surface area contributed by atoms with Gasteiger partial charge in [0, 0.05) is 24.8 Å². The number of carbonyl (C=O) groups is 3. The highest BCUT2D eigenvalue weighted by molar-refractivity contribution is 5.86. The Kier molecular flexibility index (Phi) is 14.8. The predicted octanol–water partition coefficient (Wildman–Crippen LogP) is 4.99. The van der Waals surface area contributed by atoms with Crippen molar-refractivity contribution < 1.29 is 43.2 Å². The van der Waals surface area contributed by atoms with Crippen molar-refractivity contribution in [3.05, 3.63) is 84.1 Å². The average Bonchev–Trinajstić information content (AvgIpc) is 3.79. The predicted molar refractivity (Wildman–Crippen MR) is 205 cm³/mol. The van der Waals surface area contributed by atoms with Crippen molar-refractivity contribution in [2.45, 2.75) is 90.5 Å². The van der Waals surface area contributed by atoms with E-state index in [1.54, 1.807) is 11.2 Å². The third-order valence-electron chi connectivity index (χ3n) is 9.70. The Balaban J connectivity index is 1.37. The van der Waals surface area contributed by atoms with Crippen molar-refractivity contribution in [2.24, 2.45) is 11.3 Å². The second-order valence-electron chi connectivity index (χ2n) is 15.0. The summed E-state index contributed by atoms with van der Waals surface area (Å²) >= 11 is 0. The number of carbonyl (C=O) groups excluding carboxylic acids is 3. The monoisotopic (exact) mass is 761 g/mol. The molecule has 14 nitrogen and oxygen atoms in total. The highest BCUT2D eigenvalue weighted by Crippen LogP contribution is 2.33. The molecule has 5 rings (SSSR count). The number of ether oxygens (including phenoxy) is 5. The number of pyridine rings is 1. The van der Waals surface area contributed by atoms with E-state index in [1.807, 2.05) is 87.5 Å². The lowest BCUT2D eigenvalue weighted by molar-refractivity contribution is -0.131. The third kappa shape index (κ3) is 12.1. The number of rotatable bonds is 17. The minimum atomic E-state index is -1.20. The van der Waals surface area contributed by atoms with E-state index >= 15 is 0 Å². The summed E-state index contributed by atoms with van der Waals surface area (Å²) in [7, 11) is 1.23. The van der Waals surface area contributed by atoms with Crippen molar-refractivity contribution in [3.8, 4) is 17.0 Å². The first-order valence-corrected chi connectivity index (χ1v) is 18.9. The van der Waals surface area contributed by atoms with Crippen LogP contribution in [0.5, 0.6) is 5.75 Å². The summed E-state index contributed by atoms with van der Waals surface area (Å²) in [5, 5.41) is 19.0. The minimum Gasteiger partial charge on any atom is -0.494 e. The van der Waals surface area contributed by atoms with Crippen LogP contribution in [0.15, 0.2) is 72.9 Å². The second kappa shape index (κ2) is 19.7. The smallest absolute Gasteiger partial charge is 0.407 e. The Labute approximate surface area is 323 Å². The molecular weight excluding hydrogens is 706 g/mol. The molecule has 14 heteroatoms. The van der Waals surface area contributed by atoms with Crippen molar-refractivity contribution in [1.29, 1.82) is 0 Å².